The lowest BCUT2D eigenvalue weighted by molar-refractivity contribution is -0.116. The van der Waals surface area contributed by atoms with Crippen molar-refractivity contribution in [1.29, 1.82) is 0 Å². The molecule has 1 amide bonds. The smallest absolute Gasteiger partial charge is 0.227 e. The van der Waals surface area contributed by atoms with Gasteiger partial charge in [-0.15, -0.1) is 0 Å². The number of halogens is 1. The Morgan fingerprint density at radius 1 is 1.04 bits per heavy atom. The molecule has 0 fully saturated rings. The number of rotatable bonds is 7. The highest BCUT2D eigenvalue weighted by molar-refractivity contribution is 6.30. The van der Waals surface area contributed by atoms with E-state index < -0.39 is 0 Å². The zero-order chi connectivity index (χ0) is 16.7. The molecule has 0 aliphatic carbocycles. The van der Waals surface area contributed by atoms with E-state index in [1.165, 1.54) is 7.11 Å². The van der Waals surface area contributed by atoms with Crippen LogP contribution in [0.4, 0.5) is 5.69 Å². The van der Waals surface area contributed by atoms with Crippen molar-refractivity contribution in [2.75, 3.05) is 26.1 Å². The van der Waals surface area contributed by atoms with Crippen molar-refractivity contribution in [2.24, 2.45) is 0 Å². The number of hydrogen-bond acceptors (Lipinski definition) is 4. The zero-order valence-corrected chi connectivity index (χ0v) is 13.7. The van der Waals surface area contributed by atoms with Gasteiger partial charge < -0.3 is 19.5 Å². The topological polar surface area (TPSA) is 56.8 Å². The van der Waals surface area contributed by atoms with Crippen molar-refractivity contribution < 1.29 is 19.0 Å². The summed E-state index contributed by atoms with van der Waals surface area (Å²) in [7, 11) is 3.11. The fourth-order valence-corrected chi connectivity index (χ4v) is 2.03. The number of nitrogens with one attached hydrogen (secondary N) is 1. The molecule has 122 valence electrons. The van der Waals surface area contributed by atoms with Gasteiger partial charge in [0.2, 0.25) is 5.91 Å². The standard InChI is InChI=1S/C17H18ClNO4/c1-21-14-7-8-15(16(11-14)22-2)19-17(20)9-10-23-13-5-3-12(18)4-6-13/h3-8,11H,9-10H2,1-2H3,(H,19,20). The van der Waals surface area contributed by atoms with E-state index in [1.807, 2.05) is 0 Å². The van der Waals surface area contributed by atoms with Crippen LogP contribution in [0.1, 0.15) is 6.42 Å². The van der Waals surface area contributed by atoms with Gasteiger partial charge in [-0.2, -0.15) is 0 Å². The van der Waals surface area contributed by atoms with Crippen LogP contribution in [0.3, 0.4) is 0 Å². The number of methoxy groups -OCH3 is 2. The van der Waals surface area contributed by atoms with Crippen molar-refractivity contribution in [3.63, 3.8) is 0 Å². The molecule has 0 bridgehead atoms. The summed E-state index contributed by atoms with van der Waals surface area (Å²) in [6.45, 7) is 0.270. The van der Waals surface area contributed by atoms with Crippen LogP contribution in [0.5, 0.6) is 17.2 Å². The van der Waals surface area contributed by atoms with Gasteiger partial charge in [-0.25, -0.2) is 0 Å². The first-order chi connectivity index (χ1) is 11.1. The summed E-state index contributed by atoms with van der Waals surface area (Å²) in [6.07, 6.45) is 0.220. The van der Waals surface area contributed by atoms with Crippen LogP contribution in [-0.4, -0.2) is 26.7 Å². The third-order valence-corrected chi connectivity index (χ3v) is 3.35. The van der Waals surface area contributed by atoms with Crippen molar-refractivity contribution in [3.8, 4) is 17.2 Å². The van der Waals surface area contributed by atoms with Crippen LogP contribution < -0.4 is 19.5 Å². The van der Waals surface area contributed by atoms with Gasteiger partial charge in [0.15, 0.2) is 0 Å². The van der Waals surface area contributed by atoms with Crippen LogP contribution in [0, 0.1) is 0 Å². The molecule has 0 aliphatic rings. The summed E-state index contributed by atoms with van der Waals surface area (Å²) in [5.74, 6) is 1.70. The Kier molecular flexibility index (Phi) is 6.11. The molecule has 2 aromatic carbocycles. The molecule has 2 rings (SSSR count). The summed E-state index contributed by atoms with van der Waals surface area (Å²) in [5.41, 5.74) is 0.588. The van der Waals surface area contributed by atoms with E-state index in [4.69, 9.17) is 25.8 Å². The lowest BCUT2D eigenvalue weighted by Crippen LogP contribution is -2.15. The van der Waals surface area contributed by atoms with E-state index in [0.29, 0.717) is 28.0 Å². The van der Waals surface area contributed by atoms with Gasteiger partial charge in [0.25, 0.3) is 0 Å². The number of carbonyl (C=O) groups excluding carboxylic acids is 1. The first-order valence-electron chi connectivity index (χ1n) is 7.02. The highest BCUT2D eigenvalue weighted by Crippen LogP contribution is 2.29. The molecular weight excluding hydrogens is 318 g/mol. The first-order valence-corrected chi connectivity index (χ1v) is 7.40. The Labute approximate surface area is 140 Å². The minimum atomic E-state index is -0.164. The van der Waals surface area contributed by atoms with Gasteiger partial charge in [-0.3, -0.25) is 4.79 Å². The lowest BCUT2D eigenvalue weighted by Gasteiger charge is -2.12. The molecule has 2 aromatic rings. The number of benzene rings is 2. The van der Waals surface area contributed by atoms with E-state index in [2.05, 4.69) is 5.32 Å². The largest absolute Gasteiger partial charge is 0.497 e. The Hall–Kier alpha value is -2.40. The molecule has 0 aromatic heterocycles. The quantitative estimate of drug-likeness (QED) is 0.837. The van der Waals surface area contributed by atoms with Crippen molar-refractivity contribution in [3.05, 3.63) is 47.5 Å². The number of hydrogen-bond donors (Lipinski definition) is 1. The van der Waals surface area contributed by atoms with Crippen LogP contribution in [-0.2, 0) is 4.79 Å². The Morgan fingerprint density at radius 3 is 2.39 bits per heavy atom. The van der Waals surface area contributed by atoms with Gasteiger partial charge in [0.05, 0.1) is 32.9 Å². The average Bonchev–Trinajstić information content (AvgIpc) is 2.57. The summed E-state index contributed by atoms with van der Waals surface area (Å²) in [5, 5.41) is 3.43. The minimum absolute atomic E-state index is 0.164. The van der Waals surface area contributed by atoms with Gasteiger partial charge in [-0.1, -0.05) is 11.6 Å². The third-order valence-electron chi connectivity index (χ3n) is 3.09. The molecule has 0 atom stereocenters. The summed E-state index contributed by atoms with van der Waals surface area (Å²) < 4.78 is 15.8. The maximum absolute atomic E-state index is 12.0. The molecule has 0 spiro atoms. The van der Waals surface area contributed by atoms with E-state index in [0.717, 1.165) is 0 Å². The van der Waals surface area contributed by atoms with Gasteiger partial charge in [0.1, 0.15) is 17.2 Å². The monoisotopic (exact) mass is 335 g/mol. The summed E-state index contributed by atoms with van der Waals surface area (Å²) in [6, 6.07) is 12.2. The molecule has 0 unspecified atom stereocenters. The maximum atomic E-state index is 12.0. The van der Waals surface area contributed by atoms with Gasteiger partial charge >= 0.3 is 0 Å². The second-order valence-electron chi connectivity index (χ2n) is 4.67. The van der Waals surface area contributed by atoms with Crippen LogP contribution >= 0.6 is 11.6 Å². The molecule has 5 nitrogen and oxygen atoms in total. The molecule has 0 heterocycles. The van der Waals surface area contributed by atoms with E-state index in [9.17, 15) is 4.79 Å². The Morgan fingerprint density at radius 2 is 1.74 bits per heavy atom. The van der Waals surface area contributed by atoms with E-state index >= 15 is 0 Å². The maximum Gasteiger partial charge on any atom is 0.227 e. The molecule has 6 heteroatoms. The van der Waals surface area contributed by atoms with Crippen LogP contribution in [0.25, 0.3) is 0 Å². The molecule has 0 saturated heterocycles. The molecular formula is C17H18ClNO4. The van der Waals surface area contributed by atoms with Crippen molar-refractivity contribution in [2.45, 2.75) is 6.42 Å². The molecule has 0 saturated carbocycles. The minimum Gasteiger partial charge on any atom is -0.497 e. The van der Waals surface area contributed by atoms with Crippen molar-refractivity contribution >= 4 is 23.2 Å². The van der Waals surface area contributed by atoms with E-state index in [-0.39, 0.29) is 18.9 Å². The van der Waals surface area contributed by atoms with Crippen molar-refractivity contribution in [1.82, 2.24) is 0 Å². The summed E-state index contributed by atoms with van der Waals surface area (Å²) >= 11 is 5.80. The highest BCUT2D eigenvalue weighted by Gasteiger charge is 2.09. The predicted octanol–water partition coefficient (Wildman–Crippen LogP) is 3.76. The molecule has 1 N–H and O–H groups in total. The van der Waals surface area contributed by atoms with Gasteiger partial charge in [0, 0.05) is 11.1 Å². The second-order valence-corrected chi connectivity index (χ2v) is 5.10. The number of carbonyl (C=O) groups is 1. The molecule has 0 aliphatic heterocycles. The third kappa shape index (κ3) is 5.07. The first kappa shape index (κ1) is 17.0. The Balaban J connectivity index is 1.86. The Bertz CT molecular complexity index is 658. The number of anilines is 1. The zero-order valence-electron chi connectivity index (χ0n) is 13.0. The van der Waals surface area contributed by atoms with Gasteiger partial charge in [-0.05, 0) is 36.4 Å². The summed E-state index contributed by atoms with van der Waals surface area (Å²) in [4.78, 5) is 12.0. The molecule has 0 radical (unpaired) electrons. The second kappa shape index (κ2) is 8.29. The SMILES string of the molecule is COc1ccc(NC(=O)CCOc2ccc(Cl)cc2)c(OC)c1. The highest BCUT2D eigenvalue weighted by atomic mass is 35.5. The van der Waals surface area contributed by atoms with E-state index in [1.54, 1.807) is 49.6 Å². The normalized spacial score (nSPS) is 10.0. The number of ether oxygens (including phenoxy) is 3. The average molecular weight is 336 g/mol. The van der Waals surface area contributed by atoms with Crippen LogP contribution in [0.15, 0.2) is 42.5 Å². The number of amides is 1. The lowest BCUT2D eigenvalue weighted by atomic mass is 10.2. The van der Waals surface area contributed by atoms with Crippen LogP contribution in [0.2, 0.25) is 5.02 Å². The molecule has 23 heavy (non-hydrogen) atoms. The fourth-order valence-electron chi connectivity index (χ4n) is 1.91. The predicted molar refractivity (Wildman–Crippen MR) is 89.7 cm³/mol. The fraction of sp³-hybridized carbons (Fsp3) is 0.235.